The van der Waals surface area contributed by atoms with E-state index in [2.05, 4.69) is 15.0 Å². The second-order valence-corrected chi connectivity index (χ2v) is 4.33. The van der Waals surface area contributed by atoms with Crippen molar-refractivity contribution in [3.63, 3.8) is 0 Å². The fraction of sp³-hybridized carbons (Fsp3) is 0.500. The Balaban J connectivity index is 1.97. The van der Waals surface area contributed by atoms with E-state index in [1.165, 1.54) is 0 Å². The summed E-state index contributed by atoms with van der Waals surface area (Å²) < 4.78 is 5.36. The Hall–Kier alpha value is -1.42. The Morgan fingerprint density at radius 1 is 1.25 bits per heavy atom. The molecule has 0 unspecified atom stereocenters. The van der Waals surface area contributed by atoms with Gasteiger partial charge in [-0.25, -0.2) is 9.97 Å². The van der Waals surface area contributed by atoms with E-state index in [1.807, 2.05) is 19.1 Å². The molecule has 0 aromatic carbocycles. The zero-order valence-corrected chi connectivity index (χ0v) is 9.36. The van der Waals surface area contributed by atoms with Crippen LogP contribution in [0.2, 0.25) is 0 Å². The Morgan fingerprint density at radius 2 is 2.06 bits per heavy atom. The van der Waals surface area contributed by atoms with Gasteiger partial charge in [-0.2, -0.15) is 0 Å². The summed E-state index contributed by atoms with van der Waals surface area (Å²) in [4.78, 5) is 12.4. The van der Waals surface area contributed by atoms with E-state index in [0.717, 1.165) is 48.7 Å². The fourth-order valence-electron chi connectivity index (χ4n) is 2.17. The average molecular weight is 217 g/mol. The summed E-state index contributed by atoms with van der Waals surface area (Å²) in [6, 6.07) is 4.06. The molecule has 1 N–H and O–H groups in total. The third-order valence-corrected chi connectivity index (χ3v) is 3.11. The molecule has 0 atom stereocenters. The second-order valence-electron chi connectivity index (χ2n) is 4.33. The van der Waals surface area contributed by atoms with E-state index in [-0.39, 0.29) is 0 Å². The van der Waals surface area contributed by atoms with Gasteiger partial charge in [-0.15, -0.1) is 0 Å². The summed E-state index contributed by atoms with van der Waals surface area (Å²) in [5.74, 6) is 1.57. The van der Waals surface area contributed by atoms with Crippen molar-refractivity contribution in [1.29, 1.82) is 0 Å². The molecule has 3 rings (SSSR count). The van der Waals surface area contributed by atoms with Crippen molar-refractivity contribution in [3.8, 4) is 0 Å². The Morgan fingerprint density at radius 3 is 2.88 bits per heavy atom. The number of imidazole rings is 1. The van der Waals surface area contributed by atoms with Crippen molar-refractivity contribution in [2.24, 2.45) is 0 Å². The molecule has 3 heterocycles. The molecule has 0 radical (unpaired) electrons. The number of H-pyrrole nitrogens is 1. The lowest BCUT2D eigenvalue weighted by Crippen LogP contribution is -2.15. The smallest absolute Gasteiger partial charge is 0.177 e. The molecular weight excluding hydrogens is 202 g/mol. The minimum atomic E-state index is 0.503. The van der Waals surface area contributed by atoms with Crippen LogP contribution >= 0.6 is 0 Å². The monoisotopic (exact) mass is 217 g/mol. The van der Waals surface area contributed by atoms with Crippen LogP contribution in [0.3, 0.4) is 0 Å². The van der Waals surface area contributed by atoms with Gasteiger partial charge >= 0.3 is 0 Å². The van der Waals surface area contributed by atoms with Crippen molar-refractivity contribution in [2.75, 3.05) is 13.2 Å². The van der Waals surface area contributed by atoms with Crippen LogP contribution in [-0.4, -0.2) is 28.2 Å². The standard InChI is InChI=1S/C12H15N3O/c1-8-2-3-10-12(13-8)15-11(14-10)9-4-6-16-7-5-9/h2-3,9H,4-7H2,1H3,(H,13,14,15). The lowest BCUT2D eigenvalue weighted by molar-refractivity contribution is 0.0838. The molecule has 0 spiro atoms. The molecule has 0 saturated carbocycles. The summed E-state index contributed by atoms with van der Waals surface area (Å²) >= 11 is 0. The number of ether oxygens (including phenoxy) is 1. The number of aryl methyl sites for hydroxylation is 1. The van der Waals surface area contributed by atoms with Gasteiger partial charge in [0, 0.05) is 24.8 Å². The van der Waals surface area contributed by atoms with E-state index in [9.17, 15) is 0 Å². The van der Waals surface area contributed by atoms with Gasteiger partial charge in [0.1, 0.15) is 5.82 Å². The fourth-order valence-corrected chi connectivity index (χ4v) is 2.17. The van der Waals surface area contributed by atoms with Crippen LogP contribution in [0.4, 0.5) is 0 Å². The largest absolute Gasteiger partial charge is 0.381 e. The third-order valence-electron chi connectivity index (χ3n) is 3.11. The molecule has 1 aliphatic heterocycles. The maximum absolute atomic E-state index is 5.36. The quantitative estimate of drug-likeness (QED) is 0.796. The third kappa shape index (κ3) is 1.69. The highest BCUT2D eigenvalue weighted by Crippen LogP contribution is 2.25. The Kier molecular flexibility index (Phi) is 2.36. The molecule has 1 saturated heterocycles. The predicted molar refractivity (Wildman–Crippen MR) is 61.4 cm³/mol. The summed E-state index contributed by atoms with van der Waals surface area (Å²) in [6.07, 6.45) is 2.11. The minimum Gasteiger partial charge on any atom is -0.381 e. The van der Waals surface area contributed by atoms with Crippen molar-refractivity contribution in [2.45, 2.75) is 25.7 Å². The van der Waals surface area contributed by atoms with Gasteiger partial charge in [-0.3, -0.25) is 0 Å². The molecule has 4 nitrogen and oxygen atoms in total. The number of nitrogens with zero attached hydrogens (tertiary/aromatic N) is 2. The summed E-state index contributed by atoms with van der Waals surface area (Å²) in [6.45, 7) is 3.67. The number of nitrogens with one attached hydrogen (secondary N) is 1. The maximum Gasteiger partial charge on any atom is 0.177 e. The average Bonchev–Trinajstić information content (AvgIpc) is 2.73. The summed E-state index contributed by atoms with van der Waals surface area (Å²) in [5.41, 5.74) is 2.88. The van der Waals surface area contributed by atoms with Gasteiger partial charge in [-0.1, -0.05) is 0 Å². The van der Waals surface area contributed by atoms with E-state index >= 15 is 0 Å². The molecule has 1 fully saturated rings. The number of hydrogen-bond acceptors (Lipinski definition) is 3. The van der Waals surface area contributed by atoms with E-state index < -0.39 is 0 Å². The van der Waals surface area contributed by atoms with Gasteiger partial charge in [0.25, 0.3) is 0 Å². The van der Waals surface area contributed by atoms with Crippen LogP contribution < -0.4 is 0 Å². The number of aromatic amines is 1. The molecule has 2 aromatic rings. The molecule has 16 heavy (non-hydrogen) atoms. The number of hydrogen-bond donors (Lipinski definition) is 1. The topological polar surface area (TPSA) is 50.8 Å². The van der Waals surface area contributed by atoms with Crippen LogP contribution in [0.25, 0.3) is 11.2 Å². The van der Waals surface area contributed by atoms with Gasteiger partial charge in [0.05, 0.1) is 5.52 Å². The Bertz CT molecular complexity index is 500. The Labute approximate surface area is 94.1 Å². The molecule has 0 bridgehead atoms. The van der Waals surface area contributed by atoms with Crippen molar-refractivity contribution in [1.82, 2.24) is 15.0 Å². The van der Waals surface area contributed by atoms with Crippen LogP contribution in [0.5, 0.6) is 0 Å². The first kappa shape index (κ1) is 9.78. The van der Waals surface area contributed by atoms with Crippen molar-refractivity contribution in [3.05, 3.63) is 23.7 Å². The normalized spacial score (nSPS) is 18.1. The van der Waals surface area contributed by atoms with Crippen molar-refractivity contribution >= 4 is 11.2 Å². The van der Waals surface area contributed by atoms with Crippen LogP contribution in [-0.2, 0) is 4.74 Å². The van der Waals surface area contributed by atoms with Crippen LogP contribution in [0, 0.1) is 6.92 Å². The molecular formula is C12H15N3O. The summed E-state index contributed by atoms with van der Waals surface area (Å²) in [5, 5.41) is 0. The highest BCUT2D eigenvalue weighted by Gasteiger charge is 2.19. The van der Waals surface area contributed by atoms with Gasteiger partial charge < -0.3 is 9.72 Å². The van der Waals surface area contributed by atoms with Crippen LogP contribution in [0.1, 0.15) is 30.3 Å². The zero-order chi connectivity index (χ0) is 11.0. The number of fused-ring (bicyclic) bond motifs is 1. The summed E-state index contributed by atoms with van der Waals surface area (Å²) in [7, 11) is 0. The van der Waals surface area contributed by atoms with Gasteiger partial charge in [-0.05, 0) is 31.9 Å². The SMILES string of the molecule is Cc1ccc2[nH]c(C3CCOCC3)nc2n1. The first-order valence-corrected chi connectivity index (χ1v) is 5.74. The number of rotatable bonds is 1. The van der Waals surface area contributed by atoms with E-state index in [4.69, 9.17) is 4.74 Å². The molecule has 4 heteroatoms. The minimum absolute atomic E-state index is 0.503. The van der Waals surface area contributed by atoms with Gasteiger partial charge in [0.2, 0.25) is 0 Å². The van der Waals surface area contributed by atoms with E-state index in [1.54, 1.807) is 0 Å². The second kappa shape index (κ2) is 3.87. The highest BCUT2D eigenvalue weighted by molar-refractivity contribution is 5.70. The maximum atomic E-state index is 5.36. The van der Waals surface area contributed by atoms with E-state index in [0.29, 0.717) is 5.92 Å². The first-order valence-electron chi connectivity index (χ1n) is 5.74. The molecule has 2 aromatic heterocycles. The molecule has 84 valence electrons. The lowest BCUT2D eigenvalue weighted by Gasteiger charge is -2.19. The highest BCUT2D eigenvalue weighted by atomic mass is 16.5. The van der Waals surface area contributed by atoms with Crippen LogP contribution in [0.15, 0.2) is 12.1 Å². The zero-order valence-electron chi connectivity index (χ0n) is 9.36. The molecule has 0 amide bonds. The number of pyridine rings is 1. The number of aromatic nitrogens is 3. The molecule has 0 aliphatic carbocycles. The first-order chi connectivity index (χ1) is 7.83. The molecule has 1 aliphatic rings. The van der Waals surface area contributed by atoms with Gasteiger partial charge in [0.15, 0.2) is 5.65 Å². The van der Waals surface area contributed by atoms with Crippen molar-refractivity contribution < 1.29 is 4.74 Å². The lowest BCUT2D eigenvalue weighted by atomic mass is 10.00. The predicted octanol–water partition coefficient (Wildman–Crippen LogP) is 2.16.